The van der Waals surface area contributed by atoms with Crippen molar-refractivity contribution in [2.24, 2.45) is 11.3 Å². The van der Waals surface area contributed by atoms with Crippen molar-refractivity contribution in [3.05, 3.63) is 0 Å². The minimum atomic E-state index is -0.535. The summed E-state index contributed by atoms with van der Waals surface area (Å²) in [6.45, 7) is 4.39. The van der Waals surface area contributed by atoms with Crippen LogP contribution in [0.1, 0.15) is 78.1 Å². The van der Waals surface area contributed by atoms with E-state index in [1.807, 2.05) is 0 Å². The summed E-state index contributed by atoms with van der Waals surface area (Å²) in [6, 6.07) is 0. The number of aliphatic carboxylic acids is 1. The molecule has 0 saturated heterocycles. The number of unbranched alkanes of at least 4 members (excludes halogenated alkanes) is 3. The van der Waals surface area contributed by atoms with Crippen LogP contribution in [0.3, 0.4) is 0 Å². The number of carboxylic acids is 1. The lowest BCUT2D eigenvalue weighted by molar-refractivity contribution is -0.153. The Morgan fingerprint density at radius 1 is 1.29 bits per heavy atom. The van der Waals surface area contributed by atoms with Crippen LogP contribution in [0.2, 0.25) is 0 Å². The molecule has 0 spiro atoms. The number of carboxylic acid groups (broad SMARTS) is 1. The van der Waals surface area contributed by atoms with Gasteiger partial charge in [0, 0.05) is 0 Å². The summed E-state index contributed by atoms with van der Waals surface area (Å²) in [5.41, 5.74) is -0.382. The molecular weight excluding hydrogens is 212 g/mol. The molecule has 0 bridgehead atoms. The lowest BCUT2D eigenvalue weighted by atomic mass is 9.66. The Bertz CT molecular complexity index is 237. The van der Waals surface area contributed by atoms with E-state index < -0.39 is 5.97 Å². The molecule has 2 nitrogen and oxygen atoms in total. The summed E-state index contributed by atoms with van der Waals surface area (Å²) in [4.78, 5) is 11.6. The molecule has 1 rings (SSSR count). The van der Waals surface area contributed by atoms with Crippen LogP contribution >= 0.6 is 0 Å². The highest BCUT2D eigenvalue weighted by molar-refractivity contribution is 5.74. The molecule has 0 radical (unpaired) electrons. The Labute approximate surface area is 106 Å². The van der Waals surface area contributed by atoms with Gasteiger partial charge in [0.25, 0.3) is 0 Å². The third-order valence-electron chi connectivity index (χ3n) is 4.49. The molecule has 1 aliphatic rings. The van der Waals surface area contributed by atoms with Gasteiger partial charge < -0.3 is 5.11 Å². The molecule has 100 valence electrons. The lowest BCUT2D eigenvalue weighted by Gasteiger charge is -2.37. The predicted molar refractivity (Wildman–Crippen MR) is 71.1 cm³/mol. The molecule has 0 aromatic rings. The summed E-state index contributed by atoms with van der Waals surface area (Å²) in [5.74, 6) is 0.109. The number of carbonyl (C=O) groups is 1. The molecule has 0 aromatic heterocycles. The second-order valence-corrected chi connectivity index (χ2v) is 5.77. The van der Waals surface area contributed by atoms with Crippen molar-refractivity contribution in [2.75, 3.05) is 0 Å². The van der Waals surface area contributed by atoms with E-state index in [0.29, 0.717) is 5.92 Å². The van der Waals surface area contributed by atoms with Crippen molar-refractivity contribution >= 4 is 5.97 Å². The predicted octanol–water partition coefficient (Wildman–Crippen LogP) is 4.63. The van der Waals surface area contributed by atoms with E-state index in [4.69, 9.17) is 0 Å². The maximum absolute atomic E-state index is 11.6. The first-order valence-corrected chi connectivity index (χ1v) is 7.38. The summed E-state index contributed by atoms with van der Waals surface area (Å²) in [5, 5.41) is 9.56. The van der Waals surface area contributed by atoms with Gasteiger partial charge in [0.2, 0.25) is 0 Å². The smallest absolute Gasteiger partial charge is 0.309 e. The van der Waals surface area contributed by atoms with Crippen LogP contribution in [0, 0.1) is 11.3 Å². The highest BCUT2D eigenvalue weighted by atomic mass is 16.4. The third-order valence-corrected chi connectivity index (χ3v) is 4.49. The fourth-order valence-electron chi connectivity index (χ4n) is 3.25. The molecule has 0 amide bonds. The molecule has 1 saturated carbocycles. The Kier molecular flexibility index (Phi) is 6.01. The van der Waals surface area contributed by atoms with E-state index >= 15 is 0 Å². The van der Waals surface area contributed by atoms with Crippen LogP contribution < -0.4 is 0 Å². The average molecular weight is 240 g/mol. The maximum Gasteiger partial charge on any atom is 0.309 e. The third kappa shape index (κ3) is 4.01. The summed E-state index contributed by atoms with van der Waals surface area (Å²) >= 11 is 0. The number of hydrogen-bond donors (Lipinski definition) is 1. The fourth-order valence-corrected chi connectivity index (χ4v) is 3.25. The molecule has 1 aliphatic carbocycles. The van der Waals surface area contributed by atoms with Gasteiger partial charge in [0.05, 0.1) is 5.41 Å². The van der Waals surface area contributed by atoms with E-state index in [9.17, 15) is 9.90 Å². The van der Waals surface area contributed by atoms with Gasteiger partial charge in [-0.3, -0.25) is 4.79 Å². The van der Waals surface area contributed by atoms with Gasteiger partial charge in [-0.2, -0.15) is 0 Å². The van der Waals surface area contributed by atoms with Crippen LogP contribution in [-0.4, -0.2) is 11.1 Å². The van der Waals surface area contributed by atoms with Crippen LogP contribution in [0.15, 0.2) is 0 Å². The SMILES string of the molecule is CCCCCCC1(C(=O)O)CCCC(CC)C1. The molecule has 2 unspecified atom stereocenters. The van der Waals surface area contributed by atoms with E-state index in [1.165, 1.54) is 25.7 Å². The fraction of sp³-hybridized carbons (Fsp3) is 0.933. The quantitative estimate of drug-likeness (QED) is 0.659. The standard InChI is InChI=1S/C15H28O2/c1-3-5-6-7-10-15(14(16)17)11-8-9-13(4-2)12-15/h13H,3-12H2,1-2H3,(H,16,17). The molecule has 1 fully saturated rings. The van der Waals surface area contributed by atoms with Gasteiger partial charge in [0.15, 0.2) is 0 Å². The van der Waals surface area contributed by atoms with Crippen molar-refractivity contribution in [3.63, 3.8) is 0 Å². The van der Waals surface area contributed by atoms with Crippen LogP contribution in [0.5, 0.6) is 0 Å². The van der Waals surface area contributed by atoms with Crippen molar-refractivity contribution in [1.82, 2.24) is 0 Å². The average Bonchev–Trinajstić information content (AvgIpc) is 2.35. The largest absolute Gasteiger partial charge is 0.481 e. The highest BCUT2D eigenvalue weighted by Crippen LogP contribution is 2.44. The monoisotopic (exact) mass is 240 g/mol. The molecule has 0 aromatic carbocycles. The number of hydrogen-bond acceptors (Lipinski definition) is 1. The number of rotatable bonds is 7. The first-order valence-electron chi connectivity index (χ1n) is 7.38. The normalized spacial score (nSPS) is 29.2. The Hall–Kier alpha value is -0.530. The Morgan fingerprint density at radius 3 is 2.65 bits per heavy atom. The zero-order valence-electron chi connectivity index (χ0n) is 11.5. The minimum Gasteiger partial charge on any atom is -0.481 e. The Balaban J connectivity index is 2.52. The van der Waals surface area contributed by atoms with Gasteiger partial charge >= 0.3 is 5.97 Å². The first kappa shape index (κ1) is 14.5. The minimum absolute atomic E-state index is 0.382. The van der Waals surface area contributed by atoms with E-state index in [2.05, 4.69) is 13.8 Å². The molecule has 0 aliphatic heterocycles. The first-order chi connectivity index (χ1) is 8.14. The van der Waals surface area contributed by atoms with Crippen molar-refractivity contribution < 1.29 is 9.90 Å². The molecular formula is C15H28O2. The zero-order valence-corrected chi connectivity index (χ0v) is 11.5. The second kappa shape index (κ2) is 7.03. The van der Waals surface area contributed by atoms with Crippen molar-refractivity contribution in [1.29, 1.82) is 0 Å². The van der Waals surface area contributed by atoms with Gasteiger partial charge in [-0.25, -0.2) is 0 Å². The van der Waals surface area contributed by atoms with E-state index in [0.717, 1.165) is 38.5 Å². The zero-order chi connectivity index (χ0) is 12.7. The Morgan fingerprint density at radius 2 is 2.06 bits per heavy atom. The maximum atomic E-state index is 11.6. The van der Waals surface area contributed by atoms with Crippen LogP contribution in [0.25, 0.3) is 0 Å². The molecule has 2 heteroatoms. The van der Waals surface area contributed by atoms with Crippen molar-refractivity contribution in [2.45, 2.75) is 78.1 Å². The summed E-state index contributed by atoms with van der Waals surface area (Å²) in [7, 11) is 0. The summed E-state index contributed by atoms with van der Waals surface area (Å²) in [6.07, 6.45) is 11.0. The van der Waals surface area contributed by atoms with E-state index in [1.54, 1.807) is 0 Å². The summed E-state index contributed by atoms with van der Waals surface area (Å²) < 4.78 is 0. The van der Waals surface area contributed by atoms with Gasteiger partial charge in [0.1, 0.15) is 0 Å². The van der Waals surface area contributed by atoms with Gasteiger partial charge in [-0.15, -0.1) is 0 Å². The van der Waals surface area contributed by atoms with E-state index in [-0.39, 0.29) is 5.41 Å². The van der Waals surface area contributed by atoms with Crippen LogP contribution in [-0.2, 0) is 4.79 Å². The van der Waals surface area contributed by atoms with Gasteiger partial charge in [-0.05, 0) is 25.2 Å². The van der Waals surface area contributed by atoms with Gasteiger partial charge in [-0.1, -0.05) is 58.8 Å². The lowest BCUT2D eigenvalue weighted by Crippen LogP contribution is -2.36. The molecule has 2 atom stereocenters. The molecule has 0 heterocycles. The second-order valence-electron chi connectivity index (χ2n) is 5.77. The molecule has 1 N–H and O–H groups in total. The molecule has 17 heavy (non-hydrogen) atoms. The highest BCUT2D eigenvalue weighted by Gasteiger charge is 2.41. The van der Waals surface area contributed by atoms with Crippen molar-refractivity contribution in [3.8, 4) is 0 Å². The van der Waals surface area contributed by atoms with Crippen LogP contribution in [0.4, 0.5) is 0 Å². The topological polar surface area (TPSA) is 37.3 Å².